The van der Waals surface area contributed by atoms with E-state index in [-0.39, 0.29) is 23.4 Å². The van der Waals surface area contributed by atoms with Gasteiger partial charge in [0.25, 0.3) is 0 Å². The van der Waals surface area contributed by atoms with E-state index in [0.717, 1.165) is 22.3 Å². The zero-order valence-corrected chi connectivity index (χ0v) is 11.7. The first kappa shape index (κ1) is 12.5. The van der Waals surface area contributed by atoms with Crippen molar-refractivity contribution in [1.29, 1.82) is 0 Å². The van der Waals surface area contributed by atoms with Crippen molar-refractivity contribution >= 4 is 11.6 Å². The maximum atomic E-state index is 12.7. The molecule has 2 bridgehead atoms. The minimum Gasteiger partial charge on any atom is -0.299 e. The van der Waals surface area contributed by atoms with E-state index in [9.17, 15) is 9.59 Å². The Kier molecular flexibility index (Phi) is 2.78. The second-order valence-corrected chi connectivity index (χ2v) is 5.91. The third-order valence-electron chi connectivity index (χ3n) is 4.73. The molecule has 21 heavy (non-hydrogen) atoms. The fourth-order valence-electron chi connectivity index (χ4n) is 3.83. The predicted octanol–water partition coefficient (Wildman–Crippen LogP) is 3.59. The van der Waals surface area contributed by atoms with Gasteiger partial charge in [-0.25, -0.2) is 0 Å². The van der Waals surface area contributed by atoms with Crippen molar-refractivity contribution < 1.29 is 9.59 Å². The lowest BCUT2D eigenvalue weighted by Crippen LogP contribution is -2.25. The summed E-state index contributed by atoms with van der Waals surface area (Å²) in [6.07, 6.45) is 1.66. The van der Waals surface area contributed by atoms with E-state index in [0.29, 0.717) is 19.3 Å². The van der Waals surface area contributed by atoms with Crippen molar-refractivity contribution in [3.8, 4) is 0 Å². The molecular formula is C19H16O2. The molecule has 2 aliphatic carbocycles. The normalized spacial score (nSPS) is 23.8. The highest BCUT2D eigenvalue weighted by Gasteiger charge is 2.39. The number of carbonyl (C=O) groups is 2. The van der Waals surface area contributed by atoms with E-state index < -0.39 is 0 Å². The summed E-state index contributed by atoms with van der Waals surface area (Å²) in [7, 11) is 0. The van der Waals surface area contributed by atoms with Crippen LogP contribution in [-0.4, -0.2) is 11.6 Å². The quantitative estimate of drug-likeness (QED) is 0.737. The fourth-order valence-corrected chi connectivity index (χ4v) is 3.83. The molecule has 0 N–H and O–H groups in total. The average molecular weight is 276 g/mol. The fraction of sp³-hybridized carbons (Fsp3) is 0.263. The van der Waals surface area contributed by atoms with Gasteiger partial charge in [-0.1, -0.05) is 48.5 Å². The third kappa shape index (κ3) is 1.79. The zero-order valence-electron chi connectivity index (χ0n) is 11.7. The number of hydrogen-bond donors (Lipinski definition) is 0. The first-order chi connectivity index (χ1) is 10.3. The zero-order chi connectivity index (χ0) is 14.4. The molecule has 0 unspecified atom stereocenters. The van der Waals surface area contributed by atoms with Crippen LogP contribution in [0.3, 0.4) is 0 Å². The molecule has 0 spiro atoms. The predicted molar refractivity (Wildman–Crippen MR) is 80.4 cm³/mol. The Bertz CT molecular complexity index is 635. The Morgan fingerprint density at radius 1 is 0.619 bits per heavy atom. The number of Topliss-reactive ketones (excluding diaryl/α,β-unsaturated/α-hetero) is 2. The number of ketones is 2. The van der Waals surface area contributed by atoms with Gasteiger partial charge in [0.1, 0.15) is 11.6 Å². The van der Waals surface area contributed by atoms with Crippen LogP contribution in [0.5, 0.6) is 0 Å². The van der Waals surface area contributed by atoms with Crippen LogP contribution in [-0.2, 0) is 9.59 Å². The van der Waals surface area contributed by atoms with Crippen molar-refractivity contribution in [3.63, 3.8) is 0 Å². The minimum absolute atomic E-state index is 0.195. The molecule has 0 aromatic heterocycles. The minimum atomic E-state index is -0.195. The van der Waals surface area contributed by atoms with E-state index in [2.05, 4.69) is 0 Å². The van der Waals surface area contributed by atoms with Gasteiger partial charge in [0.2, 0.25) is 0 Å². The van der Waals surface area contributed by atoms with Crippen LogP contribution in [0.2, 0.25) is 0 Å². The van der Waals surface area contributed by atoms with Crippen molar-refractivity contribution in [2.24, 2.45) is 0 Å². The molecule has 4 rings (SSSR count). The van der Waals surface area contributed by atoms with Gasteiger partial charge in [-0.15, -0.1) is 0 Å². The molecule has 2 aliphatic rings. The molecule has 0 atom stereocenters. The van der Waals surface area contributed by atoms with Crippen LogP contribution < -0.4 is 0 Å². The molecule has 2 nitrogen and oxygen atoms in total. The topological polar surface area (TPSA) is 34.1 Å². The molecular weight excluding hydrogens is 260 g/mol. The van der Waals surface area contributed by atoms with Crippen LogP contribution in [0.4, 0.5) is 0 Å². The Hall–Kier alpha value is -2.22. The van der Waals surface area contributed by atoms with Gasteiger partial charge in [-0.3, -0.25) is 9.59 Å². The van der Waals surface area contributed by atoms with Crippen LogP contribution in [0.15, 0.2) is 48.5 Å². The van der Waals surface area contributed by atoms with Crippen molar-refractivity contribution in [3.05, 3.63) is 70.8 Å². The van der Waals surface area contributed by atoms with Crippen LogP contribution in [0, 0.1) is 0 Å². The molecule has 2 heteroatoms. The second kappa shape index (κ2) is 4.66. The molecule has 0 saturated heterocycles. The van der Waals surface area contributed by atoms with Gasteiger partial charge in [-0.05, 0) is 28.7 Å². The van der Waals surface area contributed by atoms with E-state index in [1.165, 1.54) is 0 Å². The Morgan fingerprint density at radius 2 is 0.952 bits per heavy atom. The van der Waals surface area contributed by atoms with Gasteiger partial charge in [0, 0.05) is 12.8 Å². The maximum Gasteiger partial charge on any atom is 0.144 e. The lowest BCUT2D eigenvalue weighted by molar-refractivity contribution is -0.120. The van der Waals surface area contributed by atoms with E-state index >= 15 is 0 Å². The van der Waals surface area contributed by atoms with Crippen molar-refractivity contribution in [2.45, 2.75) is 31.1 Å². The van der Waals surface area contributed by atoms with Gasteiger partial charge in [0.05, 0.1) is 11.8 Å². The molecule has 0 fully saturated rings. The number of hydrogen-bond acceptors (Lipinski definition) is 2. The first-order valence-electron chi connectivity index (χ1n) is 7.50. The van der Waals surface area contributed by atoms with E-state index in [1.54, 1.807) is 0 Å². The summed E-state index contributed by atoms with van der Waals surface area (Å²) in [5, 5.41) is 0. The molecule has 0 saturated carbocycles. The summed E-state index contributed by atoms with van der Waals surface area (Å²) in [4.78, 5) is 25.4. The van der Waals surface area contributed by atoms with Gasteiger partial charge >= 0.3 is 0 Å². The highest BCUT2D eigenvalue weighted by Crippen LogP contribution is 2.45. The van der Waals surface area contributed by atoms with E-state index in [4.69, 9.17) is 0 Å². The van der Waals surface area contributed by atoms with Crippen LogP contribution in [0.1, 0.15) is 53.4 Å². The molecule has 0 radical (unpaired) electrons. The van der Waals surface area contributed by atoms with Crippen molar-refractivity contribution in [2.75, 3.05) is 0 Å². The maximum absolute atomic E-state index is 12.7. The molecule has 0 aliphatic heterocycles. The lowest BCUT2D eigenvalue weighted by atomic mass is 9.70. The van der Waals surface area contributed by atoms with E-state index in [1.807, 2.05) is 48.5 Å². The van der Waals surface area contributed by atoms with Gasteiger partial charge in [0.15, 0.2) is 0 Å². The number of fused-ring (bicyclic) bond motifs is 3. The number of rotatable bonds is 0. The Balaban J connectivity index is 2.07. The second-order valence-electron chi connectivity index (χ2n) is 5.91. The number of benzene rings is 2. The molecule has 0 amide bonds. The molecule has 0 heterocycles. The highest BCUT2D eigenvalue weighted by atomic mass is 16.1. The lowest BCUT2D eigenvalue weighted by Gasteiger charge is -2.31. The van der Waals surface area contributed by atoms with Gasteiger partial charge < -0.3 is 0 Å². The Morgan fingerprint density at radius 3 is 1.29 bits per heavy atom. The highest BCUT2D eigenvalue weighted by molar-refractivity contribution is 5.97. The van der Waals surface area contributed by atoms with Gasteiger partial charge in [-0.2, -0.15) is 0 Å². The summed E-state index contributed by atoms with van der Waals surface area (Å²) in [5.74, 6) is 0.0881. The first-order valence-corrected chi connectivity index (χ1v) is 7.50. The molecule has 104 valence electrons. The van der Waals surface area contributed by atoms with Crippen molar-refractivity contribution in [1.82, 2.24) is 0 Å². The third-order valence-corrected chi connectivity index (χ3v) is 4.73. The average Bonchev–Trinajstić information content (AvgIpc) is 2.59. The summed E-state index contributed by atoms with van der Waals surface area (Å²) in [5.41, 5.74) is 4.12. The molecule has 2 aromatic carbocycles. The Labute approximate surface area is 123 Å². The van der Waals surface area contributed by atoms with Crippen LogP contribution in [0.25, 0.3) is 0 Å². The summed E-state index contributed by atoms with van der Waals surface area (Å²) in [6.45, 7) is 0. The largest absolute Gasteiger partial charge is 0.299 e. The number of carbonyl (C=O) groups excluding carboxylic acids is 2. The summed E-state index contributed by atoms with van der Waals surface area (Å²) >= 11 is 0. The monoisotopic (exact) mass is 276 g/mol. The van der Waals surface area contributed by atoms with Crippen LogP contribution >= 0.6 is 0 Å². The smallest absolute Gasteiger partial charge is 0.144 e. The standard InChI is InChI=1S/C19H16O2/c20-16-10-5-11-17(21)19-13-7-2-1-6-12(13)18(16)14-8-3-4-9-15(14)19/h1-4,6-9,18-19H,5,10-11H2. The summed E-state index contributed by atoms with van der Waals surface area (Å²) < 4.78 is 0. The molecule has 2 aromatic rings. The summed E-state index contributed by atoms with van der Waals surface area (Å²) in [6, 6.07) is 15.9. The SMILES string of the molecule is O=C1CCCC(=O)C2c3ccccc3C1c1ccccc12.